The second-order valence-electron chi connectivity index (χ2n) is 18.4. The van der Waals surface area contributed by atoms with Crippen LogP contribution in [0.5, 0.6) is 23.0 Å². The Kier molecular flexibility index (Phi) is 8.21. The van der Waals surface area contributed by atoms with Gasteiger partial charge in [-0.2, -0.15) is 0 Å². The third kappa shape index (κ3) is 5.54. The van der Waals surface area contributed by atoms with Crippen LogP contribution in [0.4, 0.5) is 17.1 Å². The van der Waals surface area contributed by atoms with Crippen molar-refractivity contribution in [2.75, 3.05) is 4.90 Å². The van der Waals surface area contributed by atoms with Crippen LogP contribution in [0.25, 0.3) is 71.3 Å². The lowest BCUT2D eigenvalue weighted by atomic mass is 9.67. The number of hydrogen-bond acceptors (Lipinski definition) is 4. The lowest BCUT2D eigenvalue weighted by Crippen LogP contribution is -2.29. The van der Waals surface area contributed by atoms with Crippen LogP contribution >= 0.6 is 0 Å². The summed E-state index contributed by atoms with van der Waals surface area (Å²) < 4.78 is 22.6. The summed E-state index contributed by atoms with van der Waals surface area (Å²) in [6.07, 6.45) is 0. The van der Waals surface area contributed by atoms with Gasteiger partial charge in [0.25, 0.3) is 0 Å². The normalized spacial score (nSPS) is 13.2. The quantitative estimate of drug-likeness (QED) is 0.167. The Bertz CT molecular complexity index is 4220. The van der Waals surface area contributed by atoms with E-state index in [1.54, 1.807) is 0 Å². The number of rotatable bonds is 6. The molecule has 0 atom stereocenters. The number of furan rings is 1. The summed E-state index contributed by atoms with van der Waals surface area (Å²) in [7, 11) is 0. The van der Waals surface area contributed by atoms with Crippen LogP contribution < -0.4 is 14.4 Å². The van der Waals surface area contributed by atoms with Crippen molar-refractivity contribution in [1.29, 1.82) is 0 Å². The number of anilines is 3. The molecule has 13 aromatic rings. The average Bonchev–Trinajstić information content (AvgIpc) is 4.06. The van der Waals surface area contributed by atoms with Crippen molar-refractivity contribution in [3.8, 4) is 39.8 Å². The predicted molar refractivity (Wildman–Crippen MR) is 284 cm³/mol. The van der Waals surface area contributed by atoms with Crippen LogP contribution in [0.3, 0.4) is 0 Å². The number of aromatic nitrogens is 1. The molecule has 15 rings (SSSR count). The van der Waals surface area contributed by atoms with E-state index in [-0.39, 0.29) is 0 Å². The number of benzene rings is 11. The summed E-state index contributed by atoms with van der Waals surface area (Å²) >= 11 is 0. The molecule has 0 spiro atoms. The molecule has 1 aliphatic carbocycles. The maximum Gasteiger partial charge on any atom is 0.172 e. The molecule has 11 aromatic carbocycles. The standard InChI is InChI=1S/C65H40N2O3/c1-3-19-43(20-4-1)65(53-27-13-9-23-48(53)49-24-10-14-28-54(49)65)44-37-56(64-52-26-11-15-29-55(52)67(57(64)38-44)45-21-5-2-6-22-45)66(46-31-33-51-50-25-12-16-30-58(50)68-60(51)39-46)47-32-34-59-63(40-47)70-62-36-42-18-8-7-17-41(42)35-61(62)69-59/h1-40H. The Morgan fingerprint density at radius 2 is 0.943 bits per heavy atom. The topological polar surface area (TPSA) is 39.8 Å². The highest BCUT2D eigenvalue weighted by molar-refractivity contribution is 6.17. The van der Waals surface area contributed by atoms with E-state index in [1.807, 2.05) is 24.3 Å². The van der Waals surface area contributed by atoms with Crippen LogP contribution in [0.2, 0.25) is 0 Å². The molecule has 1 aliphatic heterocycles. The van der Waals surface area contributed by atoms with Crippen molar-refractivity contribution in [2.45, 2.75) is 5.41 Å². The molecule has 0 unspecified atom stereocenters. The molecular weight excluding hydrogens is 857 g/mol. The van der Waals surface area contributed by atoms with Gasteiger partial charge in [0, 0.05) is 45.1 Å². The first kappa shape index (κ1) is 38.8. The zero-order valence-corrected chi connectivity index (χ0v) is 37.7. The number of fused-ring (bicyclic) bond motifs is 12. The highest BCUT2D eigenvalue weighted by atomic mass is 16.6. The third-order valence-electron chi connectivity index (χ3n) is 14.7. The SMILES string of the molecule is c1ccc(-n2c3ccccc3c3c(N(c4ccc5c(c4)Oc4cc6ccccc6cc4O5)c4ccc5c(c4)oc4ccccc45)cc(C4(c5ccccc5)c5ccccc5-c5ccccc54)cc32)cc1. The van der Waals surface area contributed by atoms with Gasteiger partial charge in [0.2, 0.25) is 0 Å². The summed E-state index contributed by atoms with van der Waals surface area (Å²) in [6.45, 7) is 0. The molecule has 2 aromatic heterocycles. The monoisotopic (exact) mass is 896 g/mol. The first-order valence-electron chi connectivity index (χ1n) is 23.8. The molecule has 70 heavy (non-hydrogen) atoms. The van der Waals surface area contributed by atoms with E-state index in [2.05, 4.69) is 228 Å². The Morgan fingerprint density at radius 3 is 1.70 bits per heavy atom. The molecule has 0 saturated carbocycles. The molecule has 0 radical (unpaired) electrons. The van der Waals surface area contributed by atoms with Gasteiger partial charge in [-0.3, -0.25) is 0 Å². The Hall–Kier alpha value is -9.32. The van der Waals surface area contributed by atoms with Crippen molar-refractivity contribution in [2.24, 2.45) is 0 Å². The zero-order valence-electron chi connectivity index (χ0n) is 37.7. The summed E-state index contributed by atoms with van der Waals surface area (Å²) in [5.74, 6) is 2.66. The lowest BCUT2D eigenvalue weighted by Gasteiger charge is -2.36. The van der Waals surface area contributed by atoms with Gasteiger partial charge in [0.15, 0.2) is 23.0 Å². The molecule has 328 valence electrons. The summed E-state index contributed by atoms with van der Waals surface area (Å²) in [5, 5.41) is 6.57. The summed E-state index contributed by atoms with van der Waals surface area (Å²) in [5.41, 5.74) is 14.4. The van der Waals surface area contributed by atoms with Crippen LogP contribution in [-0.2, 0) is 5.41 Å². The highest BCUT2D eigenvalue weighted by Crippen LogP contribution is 2.59. The van der Waals surface area contributed by atoms with E-state index in [4.69, 9.17) is 13.9 Å². The average molecular weight is 897 g/mol. The number of nitrogens with zero attached hydrogens (tertiary/aromatic N) is 2. The smallest absolute Gasteiger partial charge is 0.172 e. The predicted octanol–water partition coefficient (Wildman–Crippen LogP) is 17.6. The fraction of sp³-hybridized carbons (Fsp3) is 0.0154. The minimum Gasteiger partial charge on any atom is -0.456 e. The second kappa shape index (κ2) is 14.8. The summed E-state index contributed by atoms with van der Waals surface area (Å²) in [6, 6.07) is 87.1. The Balaban J connectivity index is 1.07. The van der Waals surface area contributed by atoms with Gasteiger partial charge in [0.1, 0.15) is 11.2 Å². The third-order valence-corrected chi connectivity index (χ3v) is 14.7. The molecule has 5 heteroatoms. The van der Waals surface area contributed by atoms with E-state index < -0.39 is 5.41 Å². The number of ether oxygens (including phenoxy) is 2. The van der Waals surface area contributed by atoms with E-state index in [0.717, 1.165) is 82.8 Å². The van der Waals surface area contributed by atoms with Crippen LogP contribution in [0, 0.1) is 0 Å². The van der Waals surface area contributed by atoms with Crippen LogP contribution in [0.15, 0.2) is 247 Å². The molecule has 0 fully saturated rings. The molecule has 0 N–H and O–H groups in total. The number of para-hydroxylation sites is 3. The van der Waals surface area contributed by atoms with Crippen molar-refractivity contribution >= 4 is 71.6 Å². The Labute approximate surface area is 403 Å². The first-order valence-corrected chi connectivity index (χ1v) is 23.8. The second-order valence-corrected chi connectivity index (χ2v) is 18.4. The molecule has 5 nitrogen and oxygen atoms in total. The highest BCUT2D eigenvalue weighted by Gasteiger charge is 2.46. The van der Waals surface area contributed by atoms with Crippen molar-refractivity contribution < 1.29 is 13.9 Å². The first-order chi connectivity index (χ1) is 34.7. The number of hydrogen-bond donors (Lipinski definition) is 0. The molecule has 3 heterocycles. The van der Waals surface area contributed by atoms with Crippen LogP contribution in [-0.4, -0.2) is 4.57 Å². The van der Waals surface area contributed by atoms with Gasteiger partial charge in [0.05, 0.1) is 27.8 Å². The maximum atomic E-state index is 6.86. The molecule has 0 saturated heterocycles. The van der Waals surface area contributed by atoms with E-state index in [0.29, 0.717) is 23.0 Å². The Morgan fingerprint density at radius 1 is 0.371 bits per heavy atom. The van der Waals surface area contributed by atoms with Gasteiger partial charge in [-0.25, -0.2) is 0 Å². The maximum absolute atomic E-state index is 6.86. The van der Waals surface area contributed by atoms with Gasteiger partial charge in [-0.05, 0) is 117 Å². The van der Waals surface area contributed by atoms with Gasteiger partial charge < -0.3 is 23.4 Å². The van der Waals surface area contributed by atoms with Crippen LogP contribution in [0.1, 0.15) is 22.3 Å². The van der Waals surface area contributed by atoms with E-state index in [1.165, 1.54) is 27.8 Å². The van der Waals surface area contributed by atoms with Crippen molar-refractivity contribution in [3.63, 3.8) is 0 Å². The minimum atomic E-state index is -0.691. The summed E-state index contributed by atoms with van der Waals surface area (Å²) in [4.78, 5) is 2.39. The largest absolute Gasteiger partial charge is 0.456 e. The van der Waals surface area contributed by atoms with E-state index >= 15 is 0 Å². The van der Waals surface area contributed by atoms with Gasteiger partial charge >= 0.3 is 0 Å². The lowest BCUT2D eigenvalue weighted by molar-refractivity contribution is 0.360. The molecule has 0 amide bonds. The fourth-order valence-corrected chi connectivity index (χ4v) is 11.7. The van der Waals surface area contributed by atoms with E-state index in [9.17, 15) is 0 Å². The molecule has 2 aliphatic rings. The molecular formula is C65H40N2O3. The minimum absolute atomic E-state index is 0.633. The molecule has 0 bridgehead atoms. The van der Waals surface area contributed by atoms with Gasteiger partial charge in [-0.15, -0.1) is 0 Å². The fourth-order valence-electron chi connectivity index (χ4n) is 11.7. The van der Waals surface area contributed by atoms with Gasteiger partial charge in [-0.1, -0.05) is 158 Å². The van der Waals surface area contributed by atoms with Crippen molar-refractivity contribution in [1.82, 2.24) is 4.57 Å². The van der Waals surface area contributed by atoms with Crippen molar-refractivity contribution in [3.05, 3.63) is 265 Å². The zero-order chi connectivity index (χ0) is 45.9.